The van der Waals surface area contributed by atoms with E-state index in [0.29, 0.717) is 0 Å². The lowest BCUT2D eigenvalue weighted by atomic mass is 9.89. The molecule has 0 spiro atoms. The maximum absolute atomic E-state index is 2.47. The van der Waals surface area contributed by atoms with Gasteiger partial charge in [0, 0.05) is 33.5 Å². The Kier molecular flexibility index (Phi) is 6.95. The second kappa shape index (κ2) is 11.3. The average molecular weight is 607 g/mol. The van der Waals surface area contributed by atoms with Crippen molar-refractivity contribution in [2.45, 2.75) is 34.6 Å². The largest absolute Gasteiger partial charge is 0.309 e. The number of para-hydroxylation sites is 4. The van der Waals surface area contributed by atoms with Gasteiger partial charge < -0.3 is 9.80 Å². The molecule has 0 bridgehead atoms. The summed E-state index contributed by atoms with van der Waals surface area (Å²) >= 11 is 0. The predicted molar refractivity (Wildman–Crippen MR) is 203 cm³/mol. The summed E-state index contributed by atoms with van der Waals surface area (Å²) in [7, 11) is 0. The van der Waals surface area contributed by atoms with Crippen molar-refractivity contribution in [2.75, 3.05) is 9.80 Å². The van der Waals surface area contributed by atoms with Crippen LogP contribution < -0.4 is 9.80 Å². The van der Waals surface area contributed by atoms with Crippen molar-refractivity contribution in [1.29, 1.82) is 0 Å². The molecule has 228 valence electrons. The molecule has 0 N–H and O–H groups in total. The van der Waals surface area contributed by atoms with Crippen LogP contribution in [0.3, 0.4) is 0 Å². The molecule has 0 heterocycles. The highest BCUT2D eigenvalue weighted by molar-refractivity contribution is 6.28. The Balaban J connectivity index is 1.47. The minimum absolute atomic E-state index is 1.19. The van der Waals surface area contributed by atoms with Crippen LogP contribution in [0.2, 0.25) is 0 Å². The number of nitrogens with zero attached hydrogens (tertiary/aromatic N) is 2. The van der Waals surface area contributed by atoms with Crippen LogP contribution in [-0.2, 0) is 0 Å². The van der Waals surface area contributed by atoms with E-state index in [4.69, 9.17) is 0 Å². The molecule has 0 fully saturated rings. The molecule has 0 unspecified atom stereocenters. The van der Waals surface area contributed by atoms with Crippen LogP contribution in [0.15, 0.2) is 140 Å². The van der Waals surface area contributed by atoms with E-state index in [1.807, 2.05) is 0 Å². The first-order chi connectivity index (χ1) is 22.9. The van der Waals surface area contributed by atoms with Crippen LogP contribution in [0, 0.1) is 34.6 Å². The summed E-state index contributed by atoms with van der Waals surface area (Å²) in [6, 6.07) is 51.2. The maximum atomic E-state index is 2.47. The summed E-state index contributed by atoms with van der Waals surface area (Å²) in [5.41, 5.74) is 13.4. The molecular weight excluding hydrogens is 569 g/mol. The Morgan fingerprint density at radius 3 is 1.17 bits per heavy atom. The Morgan fingerprint density at radius 2 is 0.681 bits per heavy atom. The zero-order valence-electron chi connectivity index (χ0n) is 27.7. The smallest absolute Gasteiger partial charge is 0.0543 e. The van der Waals surface area contributed by atoms with E-state index in [-0.39, 0.29) is 0 Å². The lowest BCUT2D eigenvalue weighted by Crippen LogP contribution is -2.14. The monoisotopic (exact) mass is 606 g/mol. The van der Waals surface area contributed by atoms with Gasteiger partial charge in [0.1, 0.15) is 0 Å². The molecule has 47 heavy (non-hydrogen) atoms. The minimum Gasteiger partial charge on any atom is -0.309 e. The third-order valence-corrected chi connectivity index (χ3v) is 9.85. The van der Waals surface area contributed by atoms with Gasteiger partial charge in [0.25, 0.3) is 0 Å². The van der Waals surface area contributed by atoms with E-state index in [0.717, 1.165) is 0 Å². The molecule has 0 amide bonds. The SMILES string of the molecule is Cc1ccccc1N(c1ccccc1C)c1ccc2ccc3c(N(c4ccccc4C)c4ccccc4C)cc(C)c4ccc1c2c43. The topological polar surface area (TPSA) is 6.48 Å². The Bertz CT molecular complexity index is 2340. The van der Waals surface area contributed by atoms with E-state index < -0.39 is 0 Å². The second-order valence-corrected chi connectivity index (χ2v) is 12.9. The number of benzene rings is 8. The van der Waals surface area contributed by atoms with Gasteiger partial charge >= 0.3 is 0 Å². The van der Waals surface area contributed by atoms with Crippen LogP contribution in [0.1, 0.15) is 27.8 Å². The summed E-state index contributed by atoms with van der Waals surface area (Å²) in [5.74, 6) is 0. The van der Waals surface area contributed by atoms with Gasteiger partial charge in [-0.25, -0.2) is 0 Å². The van der Waals surface area contributed by atoms with E-state index >= 15 is 0 Å². The van der Waals surface area contributed by atoms with Gasteiger partial charge in [-0.3, -0.25) is 0 Å². The second-order valence-electron chi connectivity index (χ2n) is 12.9. The molecule has 0 saturated carbocycles. The van der Waals surface area contributed by atoms with E-state index in [1.54, 1.807) is 0 Å². The molecule has 8 aromatic rings. The van der Waals surface area contributed by atoms with Gasteiger partial charge in [-0.2, -0.15) is 0 Å². The third kappa shape index (κ3) is 4.63. The predicted octanol–water partition coefficient (Wildman–Crippen LogP) is 13.1. The molecule has 2 nitrogen and oxygen atoms in total. The molecule has 0 aliphatic carbocycles. The van der Waals surface area contributed by atoms with Gasteiger partial charge in [-0.15, -0.1) is 0 Å². The molecule has 0 atom stereocenters. The van der Waals surface area contributed by atoms with Gasteiger partial charge in [0.15, 0.2) is 0 Å². The number of hydrogen-bond acceptors (Lipinski definition) is 2. The number of hydrogen-bond donors (Lipinski definition) is 0. The van der Waals surface area contributed by atoms with Crippen molar-refractivity contribution in [1.82, 2.24) is 0 Å². The first kappa shape index (κ1) is 28.8. The van der Waals surface area contributed by atoms with Crippen LogP contribution >= 0.6 is 0 Å². The molecule has 0 radical (unpaired) electrons. The molecule has 2 heteroatoms. The summed E-state index contributed by atoms with van der Waals surface area (Å²) in [6.45, 7) is 11.1. The minimum atomic E-state index is 1.19. The van der Waals surface area contributed by atoms with E-state index in [1.165, 1.54) is 94.3 Å². The van der Waals surface area contributed by atoms with Crippen molar-refractivity contribution in [3.63, 3.8) is 0 Å². The summed E-state index contributed by atoms with van der Waals surface area (Å²) in [6.07, 6.45) is 0. The van der Waals surface area contributed by atoms with Gasteiger partial charge in [0.2, 0.25) is 0 Å². The van der Waals surface area contributed by atoms with Crippen molar-refractivity contribution in [2.24, 2.45) is 0 Å². The van der Waals surface area contributed by atoms with Crippen molar-refractivity contribution in [3.05, 3.63) is 167 Å². The zero-order valence-corrected chi connectivity index (χ0v) is 27.7. The molecule has 8 rings (SSSR count). The van der Waals surface area contributed by atoms with Crippen molar-refractivity contribution < 1.29 is 0 Å². The Morgan fingerprint density at radius 1 is 0.298 bits per heavy atom. The maximum Gasteiger partial charge on any atom is 0.0543 e. The van der Waals surface area contributed by atoms with Gasteiger partial charge in [-0.05, 0) is 120 Å². The highest BCUT2D eigenvalue weighted by Crippen LogP contribution is 2.49. The zero-order chi connectivity index (χ0) is 32.2. The van der Waals surface area contributed by atoms with Crippen molar-refractivity contribution in [3.8, 4) is 0 Å². The number of rotatable bonds is 6. The van der Waals surface area contributed by atoms with Crippen LogP contribution in [0.25, 0.3) is 32.3 Å². The van der Waals surface area contributed by atoms with Crippen LogP contribution in [-0.4, -0.2) is 0 Å². The van der Waals surface area contributed by atoms with Gasteiger partial charge in [0.05, 0.1) is 11.4 Å². The Labute approximate surface area is 277 Å². The molecular formula is C45H38N2. The first-order valence-electron chi connectivity index (χ1n) is 16.5. The highest BCUT2D eigenvalue weighted by atomic mass is 15.2. The third-order valence-electron chi connectivity index (χ3n) is 9.85. The molecule has 0 aliphatic rings. The van der Waals surface area contributed by atoms with Crippen LogP contribution in [0.4, 0.5) is 34.1 Å². The highest BCUT2D eigenvalue weighted by Gasteiger charge is 2.24. The number of aryl methyl sites for hydroxylation is 5. The molecule has 0 aromatic heterocycles. The molecule has 0 aliphatic heterocycles. The summed E-state index contributed by atoms with van der Waals surface area (Å²) < 4.78 is 0. The lowest BCUT2D eigenvalue weighted by Gasteiger charge is -2.32. The van der Waals surface area contributed by atoms with Crippen molar-refractivity contribution >= 4 is 66.4 Å². The lowest BCUT2D eigenvalue weighted by molar-refractivity contribution is 1.23. The standard InChI is InChI=1S/C45H38N2/c1-29-14-6-10-18-38(29)46(39-19-11-7-15-30(39)2)42-27-23-34-22-24-37-43(28-33(5)35-25-26-36(42)44(34)45(35)37)47(40-20-12-8-16-31(40)3)41-21-13-9-17-32(41)4/h6-28H,1-5H3. The molecule has 8 aromatic carbocycles. The summed E-state index contributed by atoms with van der Waals surface area (Å²) in [5, 5.41) is 7.69. The fourth-order valence-corrected chi connectivity index (χ4v) is 7.45. The Hall–Kier alpha value is -5.60. The summed E-state index contributed by atoms with van der Waals surface area (Å²) in [4.78, 5) is 4.93. The number of anilines is 6. The van der Waals surface area contributed by atoms with Gasteiger partial charge in [-0.1, -0.05) is 103 Å². The fourth-order valence-electron chi connectivity index (χ4n) is 7.45. The normalized spacial score (nSPS) is 11.5. The van der Waals surface area contributed by atoms with Crippen LogP contribution in [0.5, 0.6) is 0 Å². The quantitative estimate of drug-likeness (QED) is 0.174. The molecule has 0 saturated heterocycles. The van der Waals surface area contributed by atoms with E-state index in [2.05, 4.69) is 184 Å². The van der Waals surface area contributed by atoms with E-state index in [9.17, 15) is 0 Å². The first-order valence-corrected chi connectivity index (χ1v) is 16.5. The average Bonchev–Trinajstić information content (AvgIpc) is 3.08. The fraction of sp³-hybridized carbons (Fsp3) is 0.111.